The molecule has 2 heterocycles. The molecule has 9 nitrogen and oxygen atoms in total. The van der Waals surface area contributed by atoms with Crippen LogP contribution in [-0.2, 0) is 11.3 Å². The molecule has 0 saturated heterocycles. The van der Waals surface area contributed by atoms with Crippen LogP contribution in [0.1, 0.15) is 28.7 Å². The van der Waals surface area contributed by atoms with E-state index in [2.05, 4.69) is 31.0 Å². The molecule has 2 aromatic carbocycles. The Morgan fingerprint density at radius 2 is 1.92 bits per heavy atom. The molecule has 0 aliphatic carbocycles. The molecule has 0 radical (unpaired) electrons. The van der Waals surface area contributed by atoms with Gasteiger partial charge in [0.25, 0.3) is 5.91 Å². The lowest BCUT2D eigenvalue weighted by molar-refractivity contribution is -0.113. The highest BCUT2D eigenvalue weighted by molar-refractivity contribution is 8.01. The van der Waals surface area contributed by atoms with Crippen molar-refractivity contribution >= 4 is 63.4 Å². The topological polar surface area (TPSA) is 115 Å². The van der Waals surface area contributed by atoms with E-state index < -0.39 is 11.7 Å². The lowest BCUT2D eigenvalue weighted by Gasteiger charge is -2.12. The Morgan fingerprint density at radius 3 is 2.68 bits per heavy atom. The van der Waals surface area contributed by atoms with Crippen molar-refractivity contribution in [2.75, 3.05) is 16.8 Å². The van der Waals surface area contributed by atoms with E-state index in [-0.39, 0.29) is 28.8 Å². The highest BCUT2D eigenvalue weighted by Crippen LogP contribution is 2.26. The minimum atomic E-state index is -0.719. The molecule has 0 atom stereocenters. The number of hydrogen-bond donors (Lipinski definition) is 2. The van der Waals surface area contributed by atoms with E-state index in [0.717, 1.165) is 21.3 Å². The fraction of sp³-hybridized carbons (Fsp3) is 0.217. The average molecular weight is 578 g/mol. The second kappa shape index (κ2) is 12.5. The Kier molecular flexibility index (Phi) is 9.14. The zero-order valence-corrected chi connectivity index (χ0v) is 22.9. The molecule has 14 heteroatoms. The van der Waals surface area contributed by atoms with Crippen LogP contribution < -0.4 is 10.6 Å². The lowest BCUT2D eigenvalue weighted by Crippen LogP contribution is -2.26. The highest BCUT2D eigenvalue weighted by atomic mass is 35.5. The van der Waals surface area contributed by atoms with Crippen LogP contribution in [0.5, 0.6) is 0 Å². The van der Waals surface area contributed by atoms with Crippen LogP contribution in [0.4, 0.5) is 9.52 Å². The fourth-order valence-corrected chi connectivity index (χ4v) is 5.91. The maximum atomic E-state index is 14.2. The van der Waals surface area contributed by atoms with Gasteiger partial charge in [-0.15, -0.1) is 20.4 Å². The fourth-order valence-electron chi connectivity index (χ4n) is 3.22. The number of nitrogens with one attached hydrogen (secondary N) is 2. The van der Waals surface area contributed by atoms with Crippen molar-refractivity contribution in [3.8, 4) is 5.69 Å². The molecule has 0 aliphatic rings. The summed E-state index contributed by atoms with van der Waals surface area (Å²) in [4.78, 5) is 25.2. The first-order valence-corrected chi connectivity index (χ1v) is 14.1. The number of halogens is 2. The van der Waals surface area contributed by atoms with E-state index in [1.54, 1.807) is 16.3 Å². The zero-order chi connectivity index (χ0) is 26.4. The number of aryl methyl sites for hydroxylation is 1. The Balaban J connectivity index is 1.50. The van der Waals surface area contributed by atoms with Gasteiger partial charge >= 0.3 is 0 Å². The Morgan fingerprint density at radius 1 is 1.11 bits per heavy atom. The van der Waals surface area contributed by atoms with Crippen LogP contribution in [0.3, 0.4) is 0 Å². The van der Waals surface area contributed by atoms with E-state index in [0.29, 0.717) is 16.1 Å². The van der Waals surface area contributed by atoms with E-state index in [9.17, 15) is 14.0 Å². The van der Waals surface area contributed by atoms with Gasteiger partial charge in [0.15, 0.2) is 15.3 Å². The lowest BCUT2D eigenvalue weighted by atomic mass is 10.2. The predicted octanol–water partition coefficient (Wildman–Crippen LogP) is 4.99. The third kappa shape index (κ3) is 6.86. The van der Waals surface area contributed by atoms with Crippen LogP contribution in [0.25, 0.3) is 5.69 Å². The minimum absolute atomic E-state index is 0.00995. The van der Waals surface area contributed by atoms with Gasteiger partial charge in [0.1, 0.15) is 5.82 Å². The number of nitrogens with zero attached hydrogens (tertiary/aromatic N) is 5. The summed E-state index contributed by atoms with van der Waals surface area (Å²) in [6.07, 6.45) is 0. The molecule has 0 spiro atoms. The van der Waals surface area contributed by atoms with E-state index in [4.69, 9.17) is 11.6 Å². The molecule has 0 saturated carbocycles. The molecular weight excluding hydrogens is 557 g/mol. The SMILES string of the molecule is CCSc1nnc(NC(=O)CSc2nnc(CNC(=O)c3c(F)cccc3Cl)n2-c2cccc(C)c2)s1. The Labute approximate surface area is 229 Å². The van der Waals surface area contributed by atoms with Gasteiger partial charge < -0.3 is 5.32 Å². The molecule has 0 aliphatic heterocycles. The number of thioether (sulfide) groups is 2. The first-order chi connectivity index (χ1) is 17.9. The van der Waals surface area contributed by atoms with Gasteiger partial charge in [-0.2, -0.15) is 0 Å². The molecule has 0 bridgehead atoms. The van der Waals surface area contributed by atoms with Crippen LogP contribution in [0.2, 0.25) is 5.02 Å². The van der Waals surface area contributed by atoms with E-state index in [1.807, 2.05) is 38.1 Å². The van der Waals surface area contributed by atoms with Crippen molar-refractivity contribution in [1.82, 2.24) is 30.3 Å². The van der Waals surface area contributed by atoms with Crippen molar-refractivity contribution in [2.24, 2.45) is 0 Å². The normalized spacial score (nSPS) is 10.9. The van der Waals surface area contributed by atoms with Gasteiger partial charge in [0, 0.05) is 5.69 Å². The van der Waals surface area contributed by atoms with E-state index >= 15 is 0 Å². The highest BCUT2D eigenvalue weighted by Gasteiger charge is 2.20. The molecular formula is C23H21ClFN7O2S3. The standard InChI is InChI=1S/C23H21ClFN7O2S3/c1-3-35-23-31-29-21(37-23)27-18(33)12-36-22-30-28-17(32(22)14-7-4-6-13(2)10-14)11-26-20(34)19-15(24)8-5-9-16(19)25/h4-10H,3,11-12H2,1-2H3,(H,26,34)(H,27,29,33). The molecule has 2 amide bonds. The molecule has 0 unspecified atom stereocenters. The summed E-state index contributed by atoms with van der Waals surface area (Å²) in [5.74, 6) is -0.340. The maximum absolute atomic E-state index is 14.2. The average Bonchev–Trinajstić information content (AvgIpc) is 3.48. The van der Waals surface area contributed by atoms with E-state index in [1.165, 1.54) is 41.3 Å². The molecule has 4 aromatic rings. The van der Waals surface area contributed by atoms with Crippen molar-refractivity contribution in [2.45, 2.75) is 29.9 Å². The number of aromatic nitrogens is 5. The smallest absolute Gasteiger partial charge is 0.256 e. The Bertz CT molecular complexity index is 1410. The molecule has 4 rings (SSSR count). The molecule has 2 N–H and O–H groups in total. The van der Waals surface area contributed by atoms with Crippen LogP contribution in [-0.4, -0.2) is 48.3 Å². The summed E-state index contributed by atoms with van der Waals surface area (Å²) in [7, 11) is 0. The summed E-state index contributed by atoms with van der Waals surface area (Å²) in [6, 6.07) is 11.7. The van der Waals surface area contributed by atoms with Crippen molar-refractivity contribution in [3.63, 3.8) is 0 Å². The summed E-state index contributed by atoms with van der Waals surface area (Å²) in [5.41, 5.74) is 1.52. The molecule has 192 valence electrons. The number of carbonyl (C=O) groups excluding carboxylic acids is 2. The van der Waals surface area contributed by atoms with Gasteiger partial charge in [-0.1, -0.05) is 71.6 Å². The van der Waals surface area contributed by atoms with Crippen LogP contribution in [0, 0.1) is 12.7 Å². The van der Waals surface area contributed by atoms with Crippen molar-refractivity contribution in [1.29, 1.82) is 0 Å². The summed E-state index contributed by atoms with van der Waals surface area (Å²) in [6.45, 7) is 3.92. The van der Waals surface area contributed by atoms with Crippen molar-refractivity contribution in [3.05, 3.63) is 70.3 Å². The third-order valence-electron chi connectivity index (χ3n) is 4.81. The van der Waals surface area contributed by atoms with Crippen LogP contribution >= 0.6 is 46.5 Å². The largest absolute Gasteiger partial charge is 0.345 e. The van der Waals surface area contributed by atoms with Gasteiger partial charge in [0.05, 0.1) is 22.9 Å². The van der Waals surface area contributed by atoms with Gasteiger partial charge in [0.2, 0.25) is 11.0 Å². The second-order valence-corrected chi connectivity index (χ2v) is 11.3. The third-order valence-corrected chi connectivity index (χ3v) is 7.91. The minimum Gasteiger partial charge on any atom is -0.345 e. The van der Waals surface area contributed by atoms with Gasteiger partial charge in [-0.25, -0.2) is 4.39 Å². The monoisotopic (exact) mass is 577 g/mol. The number of hydrogen-bond acceptors (Lipinski definition) is 9. The predicted molar refractivity (Wildman–Crippen MR) is 144 cm³/mol. The van der Waals surface area contributed by atoms with Crippen LogP contribution in [0.15, 0.2) is 52.0 Å². The second-order valence-electron chi connectivity index (χ2n) is 7.50. The number of anilines is 1. The van der Waals surface area contributed by atoms with Gasteiger partial charge in [-0.3, -0.25) is 19.5 Å². The van der Waals surface area contributed by atoms with Crippen molar-refractivity contribution < 1.29 is 14.0 Å². The molecule has 2 aromatic heterocycles. The number of carbonyl (C=O) groups is 2. The Hall–Kier alpha value is -3.00. The molecule has 37 heavy (non-hydrogen) atoms. The zero-order valence-electron chi connectivity index (χ0n) is 19.7. The van der Waals surface area contributed by atoms with Gasteiger partial charge in [-0.05, 0) is 42.5 Å². The molecule has 0 fully saturated rings. The first-order valence-electron chi connectivity index (χ1n) is 11.0. The summed E-state index contributed by atoms with van der Waals surface area (Å²) >= 11 is 10.1. The summed E-state index contributed by atoms with van der Waals surface area (Å²) < 4.78 is 16.7. The first kappa shape index (κ1) is 27.0. The quantitative estimate of drug-likeness (QED) is 0.200. The summed E-state index contributed by atoms with van der Waals surface area (Å²) in [5, 5.41) is 22.7. The number of benzene rings is 2. The maximum Gasteiger partial charge on any atom is 0.256 e. The number of rotatable bonds is 10. The number of amides is 2.